The van der Waals surface area contributed by atoms with Gasteiger partial charge in [-0.05, 0) is 31.0 Å². The van der Waals surface area contributed by atoms with E-state index in [0.29, 0.717) is 12.1 Å². The van der Waals surface area contributed by atoms with Gasteiger partial charge >= 0.3 is 5.97 Å². The Labute approximate surface area is 178 Å². The number of carbonyl (C=O) groups is 2. The highest BCUT2D eigenvalue weighted by Gasteiger charge is 2.22. The van der Waals surface area contributed by atoms with E-state index in [1.165, 1.54) is 22.9 Å². The molecule has 2 aromatic carbocycles. The van der Waals surface area contributed by atoms with Crippen LogP contribution in [0.3, 0.4) is 0 Å². The van der Waals surface area contributed by atoms with Crippen molar-refractivity contribution in [3.05, 3.63) is 88.2 Å². The number of amides is 1. The number of nitrogens with one attached hydrogen (secondary N) is 1. The summed E-state index contributed by atoms with van der Waals surface area (Å²) in [4.78, 5) is 35.3. The fourth-order valence-corrected chi connectivity index (χ4v) is 3.04. The largest absolute Gasteiger partial charge is 0.466 e. The molecule has 0 fully saturated rings. The molecule has 0 saturated heterocycles. The molecule has 1 unspecified atom stereocenters. The van der Waals surface area contributed by atoms with Gasteiger partial charge in [-0.15, -0.1) is 0 Å². The second-order valence-corrected chi connectivity index (χ2v) is 6.77. The highest BCUT2D eigenvalue weighted by Crippen LogP contribution is 2.16. The Kier molecular flexibility index (Phi) is 7.10. The molecule has 160 valence electrons. The monoisotopic (exact) mass is 422 g/mol. The van der Waals surface area contributed by atoms with E-state index in [4.69, 9.17) is 4.74 Å². The summed E-state index contributed by atoms with van der Waals surface area (Å²) in [6, 6.07) is 16.9. The summed E-state index contributed by atoms with van der Waals surface area (Å²) in [5.74, 6) is -1.37. The van der Waals surface area contributed by atoms with Gasteiger partial charge in [0.05, 0.1) is 23.1 Å². The van der Waals surface area contributed by atoms with Gasteiger partial charge in [0.25, 0.3) is 11.6 Å². The molecule has 1 amide bonds. The first-order valence-electron chi connectivity index (χ1n) is 9.77. The first-order chi connectivity index (χ1) is 15.0. The SMILES string of the molecule is CCOC(=O)C(CNC(=O)c1ccn(-c2cccc([N+](=O)[O-])c2)n1)Cc1ccccc1. The molecule has 0 aliphatic carbocycles. The van der Waals surface area contributed by atoms with Crippen LogP contribution in [0.5, 0.6) is 0 Å². The Hall–Kier alpha value is -4.01. The molecule has 0 radical (unpaired) electrons. The minimum Gasteiger partial charge on any atom is -0.466 e. The summed E-state index contributed by atoms with van der Waals surface area (Å²) < 4.78 is 6.53. The summed E-state index contributed by atoms with van der Waals surface area (Å²) in [5.41, 5.74) is 1.48. The van der Waals surface area contributed by atoms with E-state index in [2.05, 4.69) is 10.4 Å². The van der Waals surface area contributed by atoms with E-state index in [1.54, 1.807) is 25.3 Å². The van der Waals surface area contributed by atoms with Gasteiger partial charge in [0.15, 0.2) is 5.69 Å². The molecule has 3 aromatic rings. The standard InChI is InChI=1S/C22H22N4O5/c1-2-31-22(28)17(13-16-7-4-3-5-8-16)15-23-21(27)20-11-12-25(24-20)18-9-6-10-19(14-18)26(29)30/h3-12,14,17H,2,13,15H2,1H3,(H,23,27). The van der Waals surface area contributed by atoms with Crippen molar-refractivity contribution in [3.63, 3.8) is 0 Å². The number of ether oxygens (including phenoxy) is 1. The maximum Gasteiger partial charge on any atom is 0.311 e. The summed E-state index contributed by atoms with van der Waals surface area (Å²) in [5, 5.41) is 17.9. The minimum atomic E-state index is -0.537. The topological polar surface area (TPSA) is 116 Å². The van der Waals surface area contributed by atoms with E-state index >= 15 is 0 Å². The van der Waals surface area contributed by atoms with Crippen LogP contribution in [0.15, 0.2) is 66.9 Å². The van der Waals surface area contributed by atoms with Gasteiger partial charge in [0.2, 0.25) is 0 Å². The summed E-state index contributed by atoms with van der Waals surface area (Å²) in [6.45, 7) is 2.08. The summed E-state index contributed by atoms with van der Waals surface area (Å²) >= 11 is 0. The van der Waals surface area contributed by atoms with Gasteiger partial charge in [-0.2, -0.15) is 5.10 Å². The van der Waals surface area contributed by atoms with Crippen LogP contribution in [0.25, 0.3) is 5.69 Å². The third kappa shape index (κ3) is 5.75. The van der Waals surface area contributed by atoms with Crippen LogP contribution < -0.4 is 5.32 Å². The zero-order chi connectivity index (χ0) is 22.2. The van der Waals surface area contributed by atoms with E-state index in [1.807, 2.05) is 30.3 Å². The Morgan fingerprint density at radius 1 is 1.16 bits per heavy atom. The third-order valence-electron chi connectivity index (χ3n) is 4.58. The van der Waals surface area contributed by atoms with Crippen molar-refractivity contribution in [3.8, 4) is 5.69 Å². The molecule has 0 saturated carbocycles. The molecule has 1 N–H and O–H groups in total. The lowest BCUT2D eigenvalue weighted by atomic mass is 9.99. The van der Waals surface area contributed by atoms with E-state index < -0.39 is 16.7 Å². The zero-order valence-electron chi connectivity index (χ0n) is 16.9. The molecule has 1 atom stereocenters. The normalized spacial score (nSPS) is 11.5. The van der Waals surface area contributed by atoms with E-state index in [0.717, 1.165) is 5.56 Å². The average molecular weight is 422 g/mol. The molecular weight excluding hydrogens is 400 g/mol. The van der Waals surface area contributed by atoms with Gasteiger partial charge in [-0.1, -0.05) is 36.4 Å². The Balaban J connectivity index is 1.68. The van der Waals surface area contributed by atoms with Crippen molar-refractivity contribution >= 4 is 17.6 Å². The van der Waals surface area contributed by atoms with E-state index in [-0.39, 0.29) is 30.5 Å². The van der Waals surface area contributed by atoms with Crippen molar-refractivity contribution in [2.24, 2.45) is 5.92 Å². The van der Waals surface area contributed by atoms with Crippen LogP contribution in [-0.2, 0) is 16.0 Å². The van der Waals surface area contributed by atoms with Crippen LogP contribution in [-0.4, -0.2) is 39.7 Å². The molecule has 3 rings (SSSR count). The van der Waals surface area contributed by atoms with Gasteiger partial charge in [-0.3, -0.25) is 19.7 Å². The molecule has 0 aliphatic rings. The molecule has 9 heteroatoms. The number of nitro benzene ring substituents is 1. The van der Waals surface area contributed by atoms with Crippen molar-refractivity contribution in [2.75, 3.05) is 13.2 Å². The highest BCUT2D eigenvalue weighted by atomic mass is 16.6. The van der Waals surface area contributed by atoms with Gasteiger partial charge in [0, 0.05) is 24.9 Å². The van der Waals surface area contributed by atoms with E-state index in [9.17, 15) is 19.7 Å². The Morgan fingerprint density at radius 2 is 1.94 bits per heavy atom. The second-order valence-electron chi connectivity index (χ2n) is 6.77. The number of aromatic nitrogens is 2. The maximum absolute atomic E-state index is 12.6. The molecule has 0 spiro atoms. The highest BCUT2D eigenvalue weighted by molar-refractivity contribution is 5.92. The molecule has 1 heterocycles. The Bertz CT molecular complexity index is 1060. The predicted molar refractivity (Wildman–Crippen MR) is 113 cm³/mol. The Morgan fingerprint density at radius 3 is 2.65 bits per heavy atom. The van der Waals surface area contributed by atoms with Gasteiger partial charge in [0.1, 0.15) is 0 Å². The summed E-state index contributed by atoms with van der Waals surface area (Å²) in [6.07, 6.45) is 1.98. The molecule has 1 aromatic heterocycles. The van der Waals surface area contributed by atoms with Gasteiger partial charge < -0.3 is 10.1 Å². The van der Waals surface area contributed by atoms with Crippen molar-refractivity contribution in [2.45, 2.75) is 13.3 Å². The van der Waals surface area contributed by atoms with Crippen LogP contribution in [0.4, 0.5) is 5.69 Å². The third-order valence-corrected chi connectivity index (χ3v) is 4.58. The zero-order valence-corrected chi connectivity index (χ0v) is 16.9. The second kappa shape index (κ2) is 10.1. The van der Waals surface area contributed by atoms with Crippen LogP contribution in [0, 0.1) is 16.0 Å². The molecule has 9 nitrogen and oxygen atoms in total. The lowest BCUT2D eigenvalue weighted by Gasteiger charge is -2.16. The number of non-ortho nitro benzene ring substituents is 1. The van der Waals surface area contributed by atoms with Crippen LogP contribution in [0.2, 0.25) is 0 Å². The van der Waals surface area contributed by atoms with Gasteiger partial charge in [-0.25, -0.2) is 4.68 Å². The molecule has 0 bridgehead atoms. The number of esters is 1. The summed E-state index contributed by atoms with van der Waals surface area (Å²) in [7, 11) is 0. The molecule has 31 heavy (non-hydrogen) atoms. The average Bonchev–Trinajstić information content (AvgIpc) is 3.28. The predicted octanol–water partition coefficient (Wildman–Crippen LogP) is 2.93. The number of nitrogens with zero attached hydrogens (tertiary/aromatic N) is 3. The lowest BCUT2D eigenvalue weighted by molar-refractivity contribution is -0.384. The first-order valence-corrected chi connectivity index (χ1v) is 9.77. The number of carbonyl (C=O) groups excluding carboxylic acids is 2. The minimum absolute atomic E-state index is 0.0720. The number of benzene rings is 2. The number of hydrogen-bond donors (Lipinski definition) is 1. The molecular formula is C22H22N4O5. The molecule has 0 aliphatic heterocycles. The number of nitro groups is 1. The smallest absolute Gasteiger partial charge is 0.311 e. The van der Waals surface area contributed by atoms with Crippen molar-refractivity contribution in [1.82, 2.24) is 15.1 Å². The fraction of sp³-hybridized carbons (Fsp3) is 0.227. The first kappa shape index (κ1) is 21.7. The lowest BCUT2D eigenvalue weighted by Crippen LogP contribution is -2.35. The quantitative estimate of drug-likeness (QED) is 0.322. The van der Waals surface area contributed by atoms with Crippen LogP contribution >= 0.6 is 0 Å². The van der Waals surface area contributed by atoms with Crippen molar-refractivity contribution in [1.29, 1.82) is 0 Å². The maximum atomic E-state index is 12.6. The number of hydrogen-bond acceptors (Lipinski definition) is 6. The fourth-order valence-electron chi connectivity index (χ4n) is 3.04. The van der Waals surface area contributed by atoms with Crippen LogP contribution in [0.1, 0.15) is 23.0 Å². The van der Waals surface area contributed by atoms with Crippen molar-refractivity contribution < 1.29 is 19.2 Å². The number of rotatable bonds is 9.